The molecule has 144 valence electrons. The van der Waals surface area contributed by atoms with Crippen LogP contribution in [0.2, 0.25) is 0 Å². The van der Waals surface area contributed by atoms with Gasteiger partial charge in [-0.25, -0.2) is 0 Å². The standard InChI is InChI=1S/C21H23F3N2O/c1-5-26(6-2)13-18-14(3)7-8-15(4)20(18)27-17-10-9-16(12-25)19(11-17)21(22,23)24/h7-11H,5-6,13H2,1-4H3. The number of halogens is 3. The van der Waals surface area contributed by atoms with Crippen LogP contribution >= 0.6 is 0 Å². The van der Waals surface area contributed by atoms with Gasteiger partial charge in [-0.2, -0.15) is 18.4 Å². The highest BCUT2D eigenvalue weighted by Crippen LogP contribution is 2.37. The molecular weight excluding hydrogens is 353 g/mol. The molecule has 0 saturated carbocycles. The van der Waals surface area contributed by atoms with Gasteiger partial charge in [0.1, 0.15) is 11.5 Å². The SMILES string of the molecule is CCN(CC)Cc1c(C)ccc(C)c1Oc1ccc(C#N)c(C(F)(F)F)c1. The van der Waals surface area contributed by atoms with Gasteiger partial charge in [0.2, 0.25) is 0 Å². The summed E-state index contributed by atoms with van der Waals surface area (Å²) in [7, 11) is 0. The molecule has 0 aliphatic rings. The number of aryl methyl sites for hydroxylation is 2. The van der Waals surface area contributed by atoms with Crippen molar-refractivity contribution >= 4 is 0 Å². The summed E-state index contributed by atoms with van der Waals surface area (Å²) in [4.78, 5) is 2.22. The van der Waals surface area contributed by atoms with Crippen molar-refractivity contribution in [3.8, 4) is 17.6 Å². The van der Waals surface area contributed by atoms with Crippen molar-refractivity contribution in [3.63, 3.8) is 0 Å². The van der Waals surface area contributed by atoms with Crippen LogP contribution in [-0.2, 0) is 12.7 Å². The normalized spacial score (nSPS) is 11.5. The Morgan fingerprint density at radius 1 is 1.04 bits per heavy atom. The second-order valence-corrected chi connectivity index (χ2v) is 6.39. The molecule has 0 fully saturated rings. The Kier molecular flexibility index (Phi) is 6.50. The van der Waals surface area contributed by atoms with Gasteiger partial charge in [-0.05, 0) is 56.3 Å². The fourth-order valence-corrected chi connectivity index (χ4v) is 2.89. The molecule has 0 amide bonds. The van der Waals surface area contributed by atoms with E-state index in [0.717, 1.165) is 41.9 Å². The molecule has 0 unspecified atom stereocenters. The second kappa shape index (κ2) is 8.45. The Bertz CT molecular complexity index is 850. The van der Waals surface area contributed by atoms with Gasteiger partial charge in [-0.1, -0.05) is 26.0 Å². The number of rotatable bonds is 6. The Balaban J connectivity index is 2.49. The summed E-state index contributed by atoms with van der Waals surface area (Å²) in [6, 6.07) is 8.90. The van der Waals surface area contributed by atoms with Crippen LogP contribution in [0.4, 0.5) is 13.2 Å². The molecule has 0 heterocycles. The van der Waals surface area contributed by atoms with Crippen LogP contribution in [0.15, 0.2) is 30.3 Å². The topological polar surface area (TPSA) is 36.3 Å². The van der Waals surface area contributed by atoms with Crippen molar-refractivity contribution in [2.75, 3.05) is 13.1 Å². The molecule has 0 bridgehead atoms. The monoisotopic (exact) mass is 376 g/mol. The summed E-state index contributed by atoms with van der Waals surface area (Å²) in [5, 5.41) is 8.94. The fraction of sp³-hybridized carbons (Fsp3) is 0.381. The first-order chi connectivity index (χ1) is 12.7. The number of hydrogen-bond acceptors (Lipinski definition) is 3. The van der Waals surface area contributed by atoms with Crippen molar-refractivity contribution in [1.29, 1.82) is 5.26 Å². The number of nitrogens with zero attached hydrogens (tertiary/aromatic N) is 2. The molecule has 0 aliphatic carbocycles. The zero-order valence-corrected chi connectivity index (χ0v) is 15.9. The fourth-order valence-electron chi connectivity index (χ4n) is 2.89. The van der Waals surface area contributed by atoms with E-state index in [4.69, 9.17) is 10.00 Å². The van der Waals surface area contributed by atoms with Crippen molar-refractivity contribution in [1.82, 2.24) is 4.90 Å². The molecule has 3 nitrogen and oxygen atoms in total. The first-order valence-electron chi connectivity index (χ1n) is 8.81. The largest absolute Gasteiger partial charge is 0.457 e. The molecular formula is C21H23F3N2O. The van der Waals surface area contributed by atoms with Crippen molar-refractivity contribution in [3.05, 3.63) is 58.1 Å². The Morgan fingerprint density at radius 2 is 1.67 bits per heavy atom. The van der Waals surface area contributed by atoms with Crippen LogP contribution in [0.1, 0.15) is 41.7 Å². The lowest BCUT2D eigenvalue weighted by Gasteiger charge is -2.23. The number of benzene rings is 2. The van der Waals surface area contributed by atoms with Gasteiger partial charge < -0.3 is 4.74 Å². The summed E-state index contributed by atoms with van der Waals surface area (Å²) < 4.78 is 45.6. The molecule has 0 aromatic heterocycles. The van der Waals surface area contributed by atoms with Crippen LogP contribution in [0, 0.1) is 25.2 Å². The minimum Gasteiger partial charge on any atom is -0.457 e. The summed E-state index contributed by atoms with van der Waals surface area (Å²) >= 11 is 0. The van der Waals surface area contributed by atoms with Gasteiger partial charge in [0.15, 0.2) is 0 Å². The van der Waals surface area contributed by atoms with Gasteiger partial charge in [0.25, 0.3) is 0 Å². The quantitative estimate of drug-likeness (QED) is 0.637. The smallest absolute Gasteiger partial charge is 0.417 e. The Hall–Kier alpha value is -2.52. The lowest BCUT2D eigenvalue weighted by Crippen LogP contribution is -2.23. The van der Waals surface area contributed by atoms with E-state index in [-0.39, 0.29) is 5.75 Å². The van der Waals surface area contributed by atoms with E-state index < -0.39 is 17.3 Å². The van der Waals surface area contributed by atoms with Gasteiger partial charge in [0, 0.05) is 12.1 Å². The first-order valence-corrected chi connectivity index (χ1v) is 8.81. The third kappa shape index (κ3) is 4.81. The average Bonchev–Trinajstić information content (AvgIpc) is 2.63. The van der Waals surface area contributed by atoms with E-state index in [1.807, 2.05) is 26.0 Å². The molecule has 2 aromatic carbocycles. The lowest BCUT2D eigenvalue weighted by molar-refractivity contribution is -0.137. The zero-order chi connectivity index (χ0) is 20.2. The average molecular weight is 376 g/mol. The van der Waals surface area contributed by atoms with E-state index in [9.17, 15) is 13.2 Å². The van der Waals surface area contributed by atoms with Gasteiger partial charge in [-0.15, -0.1) is 0 Å². The van der Waals surface area contributed by atoms with E-state index in [2.05, 4.69) is 18.7 Å². The molecule has 0 radical (unpaired) electrons. The maximum atomic E-state index is 13.2. The molecule has 0 spiro atoms. The van der Waals surface area contributed by atoms with Crippen LogP contribution in [-0.4, -0.2) is 18.0 Å². The predicted octanol–water partition coefficient (Wildman–Crippen LogP) is 5.83. The second-order valence-electron chi connectivity index (χ2n) is 6.39. The van der Waals surface area contributed by atoms with Crippen LogP contribution < -0.4 is 4.74 Å². The maximum Gasteiger partial charge on any atom is 0.417 e. The maximum absolute atomic E-state index is 13.2. The molecule has 0 atom stereocenters. The third-order valence-electron chi connectivity index (χ3n) is 4.60. The Labute approximate surface area is 158 Å². The van der Waals surface area contributed by atoms with E-state index >= 15 is 0 Å². The molecule has 0 aliphatic heterocycles. The zero-order valence-electron chi connectivity index (χ0n) is 15.9. The highest BCUT2D eigenvalue weighted by atomic mass is 19.4. The molecule has 2 rings (SSSR count). The third-order valence-corrected chi connectivity index (χ3v) is 4.60. The summed E-state index contributed by atoms with van der Waals surface area (Å²) in [5.41, 5.74) is 1.42. The van der Waals surface area contributed by atoms with Gasteiger partial charge in [-0.3, -0.25) is 4.90 Å². The molecule has 0 saturated heterocycles. The molecule has 0 N–H and O–H groups in total. The van der Waals surface area contributed by atoms with E-state index in [0.29, 0.717) is 12.3 Å². The highest BCUT2D eigenvalue weighted by molar-refractivity contribution is 5.50. The minimum absolute atomic E-state index is 0.0656. The predicted molar refractivity (Wildman–Crippen MR) is 98.8 cm³/mol. The van der Waals surface area contributed by atoms with Crippen LogP contribution in [0.3, 0.4) is 0 Å². The van der Waals surface area contributed by atoms with Gasteiger partial charge in [0.05, 0.1) is 17.2 Å². The Morgan fingerprint density at radius 3 is 2.22 bits per heavy atom. The summed E-state index contributed by atoms with van der Waals surface area (Å²) in [5.74, 6) is 0.635. The first kappa shape index (κ1) is 20.8. The summed E-state index contributed by atoms with van der Waals surface area (Å²) in [6.07, 6.45) is -4.61. The number of ether oxygens (including phenoxy) is 1. The van der Waals surface area contributed by atoms with Crippen LogP contribution in [0.25, 0.3) is 0 Å². The number of alkyl halides is 3. The number of hydrogen-bond donors (Lipinski definition) is 0. The molecule has 6 heteroatoms. The lowest BCUT2D eigenvalue weighted by atomic mass is 10.0. The van der Waals surface area contributed by atoms with E-state index in [1.54, 1.807) is 6.07 Å². The van der Waals surface area contributed by atoms with Gasteiger partial charge >= 0.3 is 6.18 Å². The van der Waals surface area contributed by atoms with Crippen LogP contribution in [0.5, 0.6) is 11.5 Å². The highest BCUT2D eigenvalue weighted by Gasteiger charge is 2.34. The summed E-state index contributed by atoms with van der Waals surface area (Å²) in [6.45, 7) is 10.3. The van der Waals surface area contributed by atoms with Crippen molar-refractivity contribution in [2.45, 2.75) is 40.4 Å². The molecule has 2 aromatic rings. The molecule has 27 heavy (non-hydrogen) atoms. The van der Waals surface area contributed by atoms with Crippen molar-refractivity contribution < 1.29 is 17.9 Å². The van der Waals surface area contributed by atoms with E-state index in [1.165, 1.54) is 6.07 Å². The minimum atomic E-state index is -4.61. The van der Waals surface area contributed by atoms with Crippen molar-refractivity contribution in [2.24, 2.45) is 0 Å². The number of nitriles is 1.